The molecule has 4 heterocycles. The number of esters is 1. The lowest BCUT2D eigenvalue weighted by Crippen LogP contribution is -2.61. The Morgan fingerprint density at radius 3 is 2.38 bits per heavy atom. The summed E-state index contributed by atoms with van der Waals surface area (Å²) in [5.74, 6) is -6.01. The highest BCUT2D eigenvalue weighted by Gasteiger charge is 2.61. The molecule has 3 fully saturated rings. The number of benzene rings is 1. The Bertz CT molecular complexity index is 1810. The highest BCUT2D eigenvalue weighted by atomic mass is 19.1. The molecule has 0 spiro atoms. The standard InChI is InChI=1S/C42H62FN5O10/c1-11-31-42(9)34(48(39(53)58-42)18-13-12-17-47-22-30(45-46-47)28-15-14-16-29(44)20-28)26(5)32(49)24(3)21-40(7,54-10)36(27(6)35(51)41(8,43)38(52)56-31)57-37-33(50)23(2)19-25(4)55-37/h14-16,20,22-27,31,33-34,36-37,50H,11-13,17-19,21,44H2,1-10H3/t23-,24+,25+,26-,27-,31+,33+,34+,36+,37-,40-,41-,42+/m0/s1. The first-order valence-electron chi connectivity index (χ1n) is 20.5. The number of unbranched alkanes of at least 4 members (excludes halogenated alkanes) is 1. The van der Waals surface area contributed by atoms with Crippen LogP contribution in [0.15, 0.2) is 30.5 Å². The molecular formula is C42H62FN5O10. The van der Waals surface area contributed by atoms with Crippen LogP contribution in [0.3, 0.4) is 0 Å². The van der Waals surface area contributed by atoms with Crippen LogP contribution in [0.4, 0.5) is 14.9 Å². The molecule has 0 unspecified atom stereocenters. The number of alkyl halides is 1. The number of ether oxygens (including phenoxy) is 5. The summed E-state index contributed by atoms with van der Waals surface area (Å²) in [4.78, 5) is 58.0. The molecular weight excluding hydrogens is 753 g/mol. The van der Waals surface area contributed by atoms with Gasteiger partial charge in [-0.25, -0.2) is 14.0 Å². The van der Waals surface area contributed by atoms with Gasteiger partial charge in [0.15, 0.2) is 17.7 Å². The van der Waals surface area contributed by atoms with Crippen molar-refractivity contribution in [2.24, 2.45) is 23.7 Å². The molecule has 15 nitrogen and oxygen atoms in total. The number of cyclic esters (lactones) is 1. The molecule has 1 aromatic heterocycles. The van der Waals surface area contributed by atoms with Gasteiger partial charge in [0.1, 0.15) is 23.7 Å². The molecule has 0 radical (unpaired) electrons. The van der Waals surface area contributed by atoms with Crippen molar-refractivity contribution in [1.29, 1.82) is 0 Å². The number of aryl methyl sites for hydroxylation is 1. The second kappa shape index (κ2) is 17.7. The van der Waals surface area contributed by atoms with E-state index < -0.39 is 83.1 Å². The predicted octanol–water partition coefficient (Wildman–Crippen LogP) is 5.31. The summed E-state index contributed by atoms with van der Waals surface area (Å²) in [6.45, 7) is 15.0. The monoisotopic (exact) mass is 815 g/mol. The number of amides is 1. The highest BCUT2D eigenvalue weighted by molar-refractivity contribution is 6.08. The Morgan fingerprint density at radius 1 is 1.03 bits per heavy atom. The number of nitrogen functional groups attached to an aromatic ring is 1. The average Bonchev–Trinajstić information content (AvgIpc) is 3.75. The number of Topliss-reactive ketones (excluding diaryl/α,β-unsaturated/α-hetero) is 2. The molecule has 322 valence electrons. The van der Waals surface area contributed by atoms with Crippen molar-refractivity contribution in [3.05, 3.63) is 30.5 Å². The number of ketones is 2. The van der Waals surface area contributed by atoms with Crippen molar-refractivity contribution >= 4 is 29.3 Å². The van der Waals surface area contributed by atoms with Gasteiger partial charge in [-0.15, -0.1) is 5.10 Å². The van der Waals surface area contributed by atoms with Gasteiger partial charge in [0.2, 0.25) is 0 Å². The number of hydrogen-bond donors (Lipinski definition) is 2. The van der Waals surface area contributed by atoms with Crippen molar-refractivity contribution in [2.75, 3.05) is 19.4 Å². The number of methoxy groups -OCH3 is 1. The molecule has 0 aliphatic carbocycles. The Kier molecular flexibility index (Phi) is 13.8. The van der Waals surface area contributed by atoms with Crippen molar-refractivity contribution in [2.45, 2.75) is 155 Å². The summed E-state index contributed by atoms with van der Waals surface area (Å²) < 4.78 is 48.8. The van der Waals surface area contributed by atoms with E-state index in [2.05, 4.69) is 10.3 Å². The van der Waals surface area contributed by atoms with E-state index in [1.807, 2.05) is 38.2 Å². The van der Waals surface area contributed by atoms with Crippen molar-refractivity contribution in [3.8, 4) is 11.3 Å². The summed E-state index contributed by atoms with van der Waals surface area (Å²) in [7, 11) is 1.40. The number of nitrogens with zero attached hydrogens (tertiary/aromatic N) is 4. The third-order valence-corrected chi connectivity index (χ3v) is 12.6. The summed E-state index contributed by atoms with van der Waals surface area (Å²) in [5.41, 5.74) is 1.84. The lowest BCUT2D eigenvalue weighted by Gasteiger charge is -2.46. The van der Waals surface area contributed by atoms with Crippen LogP contribution in [0.5, 0.6) is 0 Å². The van der Waals surface area contributed by atoms with E-state index in [0.29, 0.717) is 37.2 Å². The molecule has 3 aliphatic heterocycles. The normalized spacial score (nSPS) is 37.9. The first kappa shape index (κ1) is 45.1. The molecule has 1 aromatic carbocycles. The van der Waals surface area contributed by atoms with Gasteiger partial charge < -0.3 is 39.4 Å². The van der Waals surface area contributed by atoms with Gasteiger partial charge in [0.25, 0.3) is 5.67 Å². The van der Waals surface area contributed by atoms with E-state index in [0.717, 1.165) is 12.5 Å². The van der Waals surface area contributed by atoms with Crippen molar-refractivity contribution in [1.82, 2.24) is 19.9 Å². The molecule has 3 aliphatic rings. The Labute approximate surface area is 340 Å². The van der Waals surface area contributed by atoms with Gasteiger partial charge in [0, 0.05) is 49.2 Å². The number of aliphatic hydroxyl groups excluding tert-OH is 1. The zero-order valence-electron chi connectivity index (χ0n) is 35.5. The van der Waals surface area contributed by atoms with Crippen LogP contribution >= 0.6 is 0 Å². The zero-order chi connectivity index (χ0) is 42.9. The highest BCUT2D eigenvalue weighted by Crippen LogP contribution is 2.44. The van der Waals surface area contributed by atoms with Crippen LogP contribution in [0.25, 0.3) is 11.3 Å². The van der Waals surface area contributed by atoms with Crippen LogP contribution in [-0.2, 0) is 44.6 Å². The third kappa shape index (κ3) is 8.94. The fraction of sp³-hybridized carbons (Fsp3) is 0.714. The van der Waals surface area contributed by atoms with E-state index >= 15 is 4.39 Å². The molecule has 0 bridgehead atoms. The van der Waals surface area contributed by atoms with Gasteiger partial charge >= 0.3 is 12.1 Å². The zero-order valence-corrected chi connectivity index (χ0v) is 35.5. The molecule has 13 atom stereocenters. The molecule has 5 rings (SSSR count). The SMILES string of the molecule is CC[C@H]1OC(=O)[C@@](C)(F)C(=O)[C@H](C)[C@@H](O[C@@H]2O[C@H](C)C[C@H](C)[C@H]2O)[C@@](C)(OC)C[C@@H](C)C(=O)[C@H](C)[C@H]2N(CCCCn3cc(-c4cccc(N)c4)nn3)C(=O)O[C@]12C. The topological polar surface area (TPSA) is 195 Å². The number of anilines is 1. The smallest absolute Gasteiger partial charge is 0.410 e. The number of aliphatic hydroxyl groups is 1. The maximum absolute atomic E-state index is 16.8. The van der Waals surface area contributed by atoms with Gasteiger partial charge in [-0.1, -0.05) is 52.0 Å². The van der Waals surface area contributed by atoms with E-state index in [9.17, 15) is 24.3 Å². The lowest BCUT2D eigenvalue weighted by atomic mass is 9.73. The summed E-state index contributed by atoms with van der Waals surface area (Å²) in [6.07, 6.45) is -2.26. The van der Waals surface area contributed by atoms with Crippen LogP contribution in [-0.4, -0.2) is 116 Å². The Hall–Kier alpha value is -3.99. The van der Waals surface area contributed by atoms with E-state index in [1.165, 1.54) is 18.9 Å². The number of carbonyl (C=O) groups excluding carboxylic acids is 4. The minimum absolute atomic E-state index is 0.00123. The molecule has 16 heteroatoms. The van der Waals surface area contributed by atoms with Crippen molar-refractivity contribution in [3.63, 3.8) is 0 Å². The van der Waals surface area contributed by atoms with E-state index in [1.54, 1.807) is 45.4 Å². The van der Waals surface area contributed by atoms with Crippen LogP contribution in [0, 0.1) is 23.7 Å². The predicted molar refractivity (Wildman–Crippen MR) is 211 cm³/mol. The van der Waals surface area contributed by atoms with Crippen LogP contribution in [0.1, 0.15) is 94.4 Å². The summed E-state index contributed by atoms with van der Waals surface area (Å²) in [5, 5.41) is 19.6. The molecule has 0 saturated carbocycles. The van der Waals surface area contributed by atoms with Crippen molar-refractivity contribution < 1.29 is 52.4 Å². The first-order valence-corrected chi connectivity index (χ1v) is 20.5. The molecule has 1 amide bonds. The van der Waals surface area contributed by atoms with Gasteiger partial charge in [0.05, 0.1) is 30.0 Å². The van der Waals surface area contributed by atoms with Crippen LogP contribution < -0.4 is 5.73 Å². The maximum Gasteiger partial charge on any atom is 0.410 e. The first-order chi connectivity index (χ1) is 27.2. The molecule has 58 heavy (non-hydrogen) atoms. The van der Waals surface area contributed by atoms with E-state index in [-0.39, 0.29) is 37.2 Å². The summed E-state index contributed by atoms with van der Waals surface area (Å²) >= 11 is 0. The van der Waals surface area contributed by atoms with Crippen LogP contribution in [0.2, 0.25) is 0 Å². The number of carbonyl (C=O) groups is 4. The maximum atomic E-state index is 16.8. The number of halogens is 1. The minimum Gasteiger partial charge on any atom is -0.455 e. The van der Waals surface area contributed by atoms with Gasteiger partial charge in [-0.3, -0.25) is 14.3 Å². The Morgan fingerprint density at radius 2 is 1.72 bits per heavy atom. The number of fused-ring (bicyclic) bond motifs is 1. The van der Waals surface area contributed by atoms with Gasteiger partial charge in [-0.05, 0) is 77.8 Å². The number of rotatable bonds is 10. The average molecular weight is 816 g/mol. The van der Waals surface area contributed by atoms with Gasteiger partial charge in [-0.2, -0.15) is 0 Å². The largest absolute Gasteiger partial charge is 0.455 e. The third-order valence-electron chi connectivity index (χ3n) is 12.6. The minimum atomic E-state index is -3.17. The number of hydrogen-bond acceptors (Lipinski definition) is 13. The molecule has 3 saturated heterocycles. The molecule has 2 aromatic rings. The number of nitrogens with two attached hydrogens (primary N) is 1. The Balaban J connectivity index is 1.45. The summed E-state index contributed by atoms with van der Waals surface area (Å²) in [6, 6.07) is 6.40. The second-order valence-corrected chi connectivity index (χ2v) is 17.2. The van der Waals surface area contributed by atoms with E-state index in [4.69, 9.17) is 29.4 Å². The second-order valence-electron chi connectivity index (χ2n) is 17.2. The quantitative estimate of drug-likeness (QED) is 0.136. The number of aromatic nitrogens is 3. The molecule has 3 N–H and O–H groups in total. The fourth-order valence-corrected chi connectivity index (χ4v) is 9.26. The lowest BCUT2D eigenvalue weighted by molar-refractivity contribution is -0.295. The fourth-order valence-electron chi connectivity index (χ4n) is 9.26.